The summed E-state index contributed by atoms with van der Waals surface area (Å²) in [7, 11) is 0. The zero-order chi connectivity index (χ0) is 22.2. The Kier molecular flexibility index (Phi) is 7.65. The van der Waals surface area contributed by atoms with E-state index in [-0.39, 0.29) is 0 Å². The molecule has 0 radical (unpaired) electrons. The molecule has 0 saturated carbocycles. The van der Waals surface area contributed by atoms with Crippen molar-refractivity contribution in [2.75, 3.05) is 5.32 Å². The highest BCUT2D eigenvalue weighted by Gasteiger charge is 2.12. The number of carbonyl (C=O) groups excluding carboxylic acids is 2. The fourth-order valence-electron chi connectivity index (χ4n) is 2.58. The second-order valence-corrected chi connectivity index (χ2v) is 7.47. The van der Waals surface area contributed by atoms with Crippen molar-refractivity contribution in [2.24, 2.45) is 5.10 Å². The van der Waals surface area contributed by atoms with E-state index in [1.807, 2.05) is 25.1 Å². The summed E-state index contributed by atoms with van der Waals surface area (Å²) in [5.74, 6) is -1.19. The predicted octanol–water partition coefficient (Wildman–Crippen LogP) is 4.97. The van der Waals surface area contributed by atoms with Crippen LogP contribution in [-0.2, 0) is 16.2 Å². The standard InChI is InChI=1S/C23H19Cl2N3O3/c1-15-3-2-4-19(11-15)27-22(29)23(30)28-26-13-17-7-10-21(20(25)12-17)31-14-16-5-8-18(24)9-6-16/h2-13H,14H2,1H3,(H,27,29)(H,28,30)/b26-13-. The number of amides is 2. The molecule has 0 aliphatic heterocycles. The molecule has 0 aromatic heterocycles. The lowest BCUT2D eigenvalue weighted by Crippen LogP contribution is -2.32. The monoisotopic (exact) mass is 455 g/mol. The number of ether oxygens (including phenoxy) is 1. The molecule has 0 aliphatic carbocycles. The number of halogens is 2. The summed E-state index contributed by atoms with van der Waals surface area (Å²) in [6.07, 6.45) is 1.38. The zero-order valence-electron chi connectivity index (χ0n) is 16.6. The lowest BCUT2D eigenvalue weighted by atomic mass is 10.2. The first kappa shape index (κ1) is 22.3. The van der Waals surface area contributed by atoms with Crippen LogP contribution in [0.2, 0.25) is 10.0 Å². The van der Waals surface area contributed by atoms with E-state index in [1.165, 1.54) is 6.21 Å². The van der Waals surface area contributed by atoms with E-state index < -0.39 is 11.8 Å². The van der Waals surface area contributed by atoms with Crippen LogP contribution in [0, 0.1) is 6.92 Å². The van der Waals surface area contributed by atoms with Crippen LogP contribution in [0.15, 0.2) is 71.8 Å². The van der Waals surface area contributed by atoms with Crippen LogP contribution in [0.25, 0.3) is 0 Å². The topological polar surface area (TPSA) is 79.8 Å². The third-order valence-electron chi connectivity index (χ3n) is 4.13. The molecule has 0 heterocycles. The van der Waals surface area contributed by atoms with Gasteiger partial charge in [0.2, 0.25) is 0 Å². The molecule has 0 unspecified atom stereocenters. The van der Waals surface area contributed by atoms with Crippen molar-refractivity contribution in [1.82, 2.24) is 5.43 Å². The lowest BCUT2D eigenvalue weighted by molar-refractivity contribution is -0.136. The summed E-state index contributed by atoms with van der Waals surface area (Å²) >= 11 is 12.1. The minimum Gasteiger partial charge on any atom is -0.487 e. The van der Waals surface area contributed by atoms with Crippen molar-refractivity contribution in [1.29, 1.82) is 0 Å². The van der Waals surface area contributed by atoms with Gasteiger partial charge in [-0.15, -0.1) is 0 Å². The number of rotatable bonds is 6. The van der Waals surface area contributed by atoms with E-state index in [2.05, 4.69) is 15.8 Å². The van der Waals surface area contributed by atoms with Gasteiger partial charge in [0.25, 0.3) is 0 Å². The first-order chi connectivity index (χ1) is 14.9. The molecule has 0 bridgehead atoms. The summed E-state index contributed by atoms with van der Waals surface area (Å²) in [4.78, 5) is 23.8. The van der Waals surface area contributed by atoms with Gasteiger partial charge in [0.05, 0.1) is 11.2 Å². The van der Waals surface area contributed by atoms with Crippen LogP contribution in [0.4, 0.5) is 5.69 Å². The molecule has 0 saturated heterocycles. The number of aryl methyl sites for hydroxylation is 1. The average Bonchev–Trinajstić information content (AvgIpc) is 2.74. The molecule has 8 heteroatoms. The van der Waals surface area contributed by atoms with Gasteiger partial charge in [0.1, 0.15) is 12.4 Å². The van der Waals surface area contributed by atoms with E-state index in [1.54, 1.807) is 48.5 Å². The van der Waals surface area contributed by atoms with Crippen LogP contribution >= 0.6 is 23.2 Å². The van der Waals surface area contributed by atoms with Crippen molar-refractivity contribution in [3.8, 4) is 5.75 Å². The highest BCUT2D eigenvalue weighted by Crippen LogP contribution is 2.26. The summed E-state index contributed by atoms with van der Waals surface area (Å²) in [5, 5.41) is 7.35. The smallest absolute Gasteiger partial charge is 0.329 e. The first-order valence-corrected chi connectivity index (χ1v) is 10.0. The Morgan fingerprint density at radius 2 is 1.77 bits per heavy atom. The van der Waals surface area contributed by atoms with Gasteiger partial charge < -0.3 is 10.1 Å². The van der Waals surface area contributed by atoms with Gasteiger partial charge in [-0.25, -0.2) is 5.43 Å². The third-order valence-corrected chi connectivity index (χ3v) is 4.67. The van der Waals surface area contributed by atoms with Crippen LogP contribution in [0.1, 0.15) is 16.7 Å². The molecule has 2 N–H and O–H groups in total. The molecule has 0 atom stereocenters. The Morgan fingerprint density at radius 1 is 1.00 bits per heavy atom. The van der Waals surface area contributed by atoms with Gasteiger partial charge in [0.15, 0.2) is 0 Å². The Morgan fingerprint density at radius 3 is 2.48 bits per heavy atom. The Hall–Kier alpha value is -3.35. The molecule has 2 amide bonds. The molecule has 3 aromatic rings. The Bertz CT molecular complexity index is 1120. The molecule has 158 valence electrons. The summed E-state index contributed by atoms with van der Waals surface area (Å²) in [5.41, 5.74) is 5.27. The quantitative estimate of drug-likeness (QED) is 0.312. The normalized spacial score (nSPS) is 10.7. The van der Waals surface area contributed by atoms with E-state index in [4.69, 9.17) is 27.9 Å². The fourth-order valence-corrected chi connectivity index (χ4v) is 2.95. The van der Waals surface area contributed by atoms with Crippen molar-refractivity contribution in [3.63, 3.8) is 0 Å². The minimum atomic E-state index is -0.883. The number of nitrogens with one attached hydrogen (secondary N) is 2. The first-order valence-electron chi connectivity index (χ1n) is 9.28. The Labute approximate surface area is 189 Å². The molecule has 0 fully saturated rings. The summed E-state index contributed by atoms with van der Waals surface area (Å²) < 4.78 is 5.71. The molecule has 3 rings (SSSR count). The summed E-state index contributed by atoms with van der Waals surface area (Å²) in [6.45, 7) is 2.23. The van der Waals surface area contributed by atoms with Gasteiger partial charge in [-0.2, -0.15) is 5.10 Å². The van der Waals surface area contributed by atoms with Crippen molar-refractivity contribution in [2.45, 2.75) is 13.5 Å². The van der Waals surface area contributed by atoms with Crippen LogP contribution in [0.3, 0.4) is 0 Å². The van der Waals surface area contributed by atoms with Gasteiger partial charge in [-0.05, 0) is 66.1 Å². The van der Waals surface area contributed by atoms with Gasteiger partial charge >= 0.3 is 11.8 Å². The molecule has 3 aromatic carbocycles. The number of benzene rings is 3. The number of hydrogen-bond donors (Lipinski definition) is 2. The second-order valence-electron chi connectivity index (χ2n) is 6.63. The number of anilines is 1. The Balaban J connectivity index is 1.52. The van der Waals surface area contributed by atoms with Gasteiger partial charge in [0, 0.05) is 10.7 Å². The molecule has 0 spiro atoms. The van der Waals surface area contributed by atoms with Crippen LogP contribution < -0.4 is 15.5 Å². The highest BCUT2D eigenvalue weighted by atomic mass is 35.5. The fraction of sp³-hybridized carbons (Fsp3) is 0.0870. The van der Waals surface area contributed by atoms with E-state index in [0.29, 0.717) is 33.7 Å². The maximum absolute atomic E-state index is 11.9. The number of hydrogen-bond acceptors (Lipinski definition) is 4. The second kappa shape index (κ2) is 10.6. The third kappa shape index (κ3) is 6.84. The molecule has 0 aliphatic rings. The molecule has 31 heavy (non-hydrogen) atoms. The highest BCUT2D eigenvalue weighted by molar-refractivity contribution is 6.39. The van der Waals surface area contributed by atoms with E-state index >= 15 is 0 Å². The van der Waals surface area contributed by atoms with Gasteiger partial charge in [-0.1, -0.05) is 47.5 Å². The SMILES string of the molecule is Cc1cccc(NC(=O)C(=O)N/N=C\c2ccc(OCc3ccc(Cl)cc3)c(Cl)c2)c1. The lowest BCUT2D eigenvalue weighted by Gasteiger charge is -2.09. The average molecular weight is 456 g/mol. The molecule has 6 nitrogen and oxygen atoms in total. The minimum absolute atomic E-state index is 0.344. The van der Waals surface area contributed by atoms with E-state index in [0.717, 1.165) is 11.1 Å². The van der Waals surface area contributed by atoms with Crippen LogP contribution in [-0.4, -0.2) is 18.0 Å². The van der Waals surface area contributed by atoms with Crippen LogP contribution in [0.5, 0.6) is 5.75 Å². The van der Waals surface area contributed by atoms with Crippen molar-refractivity contribution >= 4 is 46.9 Å². The molecular weight excluding hydrogens is 437 g/mol. The largest absolute Gasteiger partial charge is 0.487 e. The van der Waals surface area contributed by atoms with Gasteiger partial charge in [-0.3, -0.25) is 9.59 Å². The molecular formula is C23H19Cl2N3O3. The zero-order valence-corrected chi connectivity index (χ0v) is 18.1. The number of hydrazone groups is 1. The maximum Gasteiger partial charge on any atom is 0.329 e. The summed E-state index contributed by atoms with van der Waals surface area (Å²) in [6, 6.07) is 19.5. The van der Waals surface area contributed by atoms with E-state index in [9.17, 15) is 9.59 Å². The van der Waals surface area contributed by atoms with Crippen molar-refractivity contribution < 1.29 is 14.3 Å². The predicted molar refractivity (Wildman–Crippen MR) is 123 cm³/mol. The number of nitrogens with zero attached hydrogens (tertiary/aromatic N) is 1. The van der Waals surface area contributed by atoms with Crippen molar-refractivity contribution in [3.05, 3.63) is 93.5 Å². The maximum atomic E-state index is 11.9. The number of carbonyl (C=O) groups is 2.